The summed E-state index contributed by atoms with van der Waals surface area (Å²) in [4.78, 5) is 15.9. The van der Waals surface area contributed by atoms with E-state index in [-0.39, 0.29) is 18.2 Å². The van der Waals surface area contributed by atoms with Gasteiger partial charge in [0.25, 0.3) is 0 Å². The Balaban J connectivity index is 1.63. The van der Waals surface area contributed by atoms with Gasteiger partial charge in [-0.25, -0.2) is 9.18 Å². The van der Waals surface area contributed by atoms with E-state index < -0.39 is 17.8 Å². The second-order valence-electron chi connectivity index (χ2n) is 6.41. The molecule has 0 atom stereocenters. The average molecular weight is 381 g/mol. The first-order chi connectivity index (χ1) is 12.8. The smallest absolute Gasteiger partial charge is 0.311 e. The van der Waals surface area contributed by atoms with Crippen LogP contribution in [0.1, 0.15) is 17.5 Å². The second kappa shape index (κ2) is 7.96. The zero-order valence-corrected chi connectivity index (χ0v) is 14.5. The maximum atomic E-state index is 13.8. The Morgan fingerprint density at radius 2 is 1.85 bits per heavy atom. The van der Waals surface area contributed by atoms with Gasteiger partial charge in [-0.1, -0.05) is 24.3 Å². The molecule has 2 aromatic carbocycles. The van der Waals surface area contributed by atoms with Crippen molar-refractivity contribution in [1.82, 2.24) is 9.80 Å². The molecule has 144 valence electrons. The van der Waals surface area contributed by atoms with Gasteiger partial charge in [0.1, 0.15) is 5.82 Å². The third-order valence-corrected chi connectivity index (χ3v) is 4.35. The normalized spacial score (nSPS) is 15.6. The number of carbonyl (C=O) groups is 1. The van der Waals surface area contributed by atoms with Gasteiger partial charge < -0.3 is 10.2 Å². The number of alkyl halides is 3. The van der Waals surface area contributed by atoms with E-state index in [1.54, 1.807) is 18.2 Å². The van der Waals surface area contributed by atoms with Crippen LogP contribution in [0.25, 0.3) is 0 Å². The van der Waals surface area contributed by atoms with Gasteiger partial charge in [-0.2, -0.15) is 13.2 Å². The number of carbonyl (C=O) groups excluding carboxylic acids is 1. The van der Waals surface area contributed by atoms with Gasteiger partial charge in [-0.3, -0.25) is 4.90 Å². The summed E-state index contributed by atoms with van der Waals surface area (Å²) in [6, 6.07) is 10.5. The zero-order valence-electron chi connectivity index (χ0n) is 14.5. The molecule has 1 saturated heterocycles. The Kier molecular flexibility index (Phi) is 5.65. The molecule has 2 amide bonds. The van der Waals surface area contributed by atoms with Crippen molar-refractivity contribution in [3.63, 3.8) is 0 Å². The van der Waals surface area contributed by atoms with Gasteiger partial charge in [0.05, 0.1) is 12.2 Å². The zero-order chi connectivity index (χ0) is 19.4. The first kappa shape index (κ1) is 19.2. The second-order valence-corrected chi connectivity index (χ2v) is 6.41. The number of halogens is 4. The molecule has 0 spiro atoms. The highest BCUT2D eigenvalue weighted by Gasteiger charge is 2.30. The first-order valence-corrected chi connectivity index (χ1v) is 8.52. The summed E-state index contributed by atoms with van der Waals surface area (Å²) in [6.45, 7) is 1.83. The topological polar surface area (TPSA) is 35.6 Å². The lowest BCUT2D eigenvalue weighted by Crippen LogP contribution is -2.48. The largest absolute Gasteiger partial charge is 0.416 e. The standard InChI is InChI=1S/C19H19F4N3O/c20-17-8-2-1-5-14(17)12-25-9-4-10-26(13-25)18(27)24-16-7-3-6-15(11-16)19(21,22)23/h1-3,5-8,11H,4,9-10,12-13H2,(H,24,27). The molecule has 0 aliphatic carbocycles. The van der Waals surface area contributed by atoms with Crippen molar-refractivity contribution in [3.05, 3.63) is 65.5 Å². The number of urea groups is 1. The van der Waals surface area contributed by atoms with Crippen LogP contribution in [-0.2, 0) is 12.7 Å². The Morgan fingerprint density at radius 1 is 1.07 bits per heavy atom. The van der Waals surface area contributed by atoms with Crippen LogP contribution >= 0.6 is 0 Å². The van der Waals surface area contributed by atoms with Crippen LogP contribution in [0.3, 0.4) is 0 Å². The van der Waals surface area contributed by atoms with E-state index in [4.69, 9.17) is 0 Å². The maximum Gasteiger partial charge on any atom is 0.416 e. The Morgan fingerprint density at radius 3 is 2.59 bits per heavy atom. The minimum atomic E-state index is -4.47. The molecule has 0 bridgehead atoms. The lowest BCUT2D eigenvalue weighted by atomic mass is 10.2. The van der Waals surface area contributed by atoms with Crippen LogP contribution in [0, 0.1) is 5.82 Å². The van der Waals surface area contributed by atoms with E-state index in [9.17, 15) is 22.4 Å². The van der Waals surface area contributed by atoms with E-state index in [0.29, 0.717) is 31.6 Å². The molecular formula is C19H19F4N3O. The predicted molar refractivity (Wildman–Crippen MR) is 93.5 cm³/mol. The van der Waals surface area contributed by atoms with Crippen molar-refractivity contribution >= 4 is 11.7 Å². The minimum absolute atomic E-state index is 0.0843. The van der Waals surface area contributed by atoms with Gasteiger partial charge in [-0.15, -0.1) is 0 Å². The van der Waals surface area contributed by atoms with Gasteiger partial charge in [0.2, 0.25) is 0 Å². The van der Waals surface area contributed by atoms with Gasteiger partial charge >= 0.3 is 12.2 Å². The molecule has 8 heteroatoms. The first-order valence-electron chi connectivity index (χ1n) is 8.52. The van der Waals surface area contributed by atoms with E-state index in [0.717, 1.165) is 12.1 Å². The number of nitrogens with one attached hydrogen (secondary N) is 1. The van der Waals surface area contributed by atoms with Crippen molar-refractivity contribution in [2.75, 3.05) is 25.1 Å². The Hall–Kier alpha value is -2.61. The molecule has 0 aromatic heterocycles. The van der Waals surface area contributed by atoms with Gasteiger partial charge in [0.15, 0.2) is 0 Å². The molecule has 2 aromatic rings. The highest BCUT2D eigenvalue weighted by molar-refractivity contribution is 5.89. The SMILES string of the molecule is O=C(Nc1cccc(C(F)(F)F)c1)N1CCCN(Cc2ccccc2F)C1. The van der Waals surface area contributed by atoms with E-state index >= 15 is 0 Å². The summed E-state index contributed by atoms with van der Waals surface area (Å²) < 4.78 is 52.2. The van der Waals surface area contributed by atoms with Crippen LogP contribution in [-0.4, -0.2) is 35.6 Å². The van der Waals surface area contributed by atoms with Crippen molar-refractivity contribution in [3.8, 4) is 0 Å². The molecular weight excluding hydrogens is 362 g/mol. The molecule has 0 saturated carbocycles. The molecule has 1 fully saturated rings. The van der Waals surface area contributed by atoms with Gasteiger partial charge in [-0.05, 0) is 30.7 Å². The number of rotatable bonds is 3. The van der Waals surface area contributed by atoms with Crippen LogP contribution in [0.15, 0.2) is 48.5 Å². The third-order valence-electron chi connectivity index (χ3n) is 4.35. The van der Waals surface area contributed by atoms with Crippen molar-refractivity contribution in [2.45, 2.75) is 19.1 Å². The summed E-state index contributed by atoms with van der Waals surface area (Å²) in [6.07, 6.45) is -3.77. The molecule has 1 heterocycles. The van der Waals surface area contributed by atoms with Crippen molar-refractivity contribution < 1.29 is 22.4 Å². The molecule has 4 nitrogen and oxygen atoms in total. The highest BCUT2D eigenvalue weighted by Crippen LogP contribution is 2.30. The number of hydrogen-bond donors (Lipinski definition) is 1. The van der Waals surface area contributed by atoms with E-state index in [1.165, 1.54) is 23.1 Å². The van der Waals surface area contributed by atoms with Crippen molar-refractivity contribution in [2.24, 2.45) is 0 Å². The summed E-state index contributed by atoms with van der Waals surface area (Å²) in [5.41, 5.74) is -0.196. The number of hydrogen-bond acceptors (Lipinski definition) is 2. The maximum absolute atomic E-state index is 13.8. The predicted octanol–water partition coefficient (Wildman–Crippen LogP) is 4.54. The van der Waals surface area contributed by atoms with Gasteiger partial charge in [0, 0.05) is 30.9 Å². The monoisotopic (exact) mass is 381 g/mol. The Bertz CT molecular complexity index is 810. The molecule has 3 rings (SSSR count). The summed E-state index contributed by atoms with van der Waals surface area (Å²) in [7, 11) is 0. The van der Waals surface area contributed by atoms with Crippen LogP contribution in [0.2, 0.25) is 0 Å². The molecule has 0 radical (unpaired) electrons. The molecule has 27 heavy (non-hydrogen) atoms. The third kappa shape index (κ3) is 4.97. The average Bonchev–Trinajstić information content (AvgIpc) is 2.63. The lowest BCUT2D eigenvalue weighted by molar-refractivity contribution is -0.137. The van der Waals surface area contributed by atoms with Crippen LogP contribution in [0.4, 0.5) is 28.0 Å². The highest BCUT2D eigenvalue weighted by atomic mass is 19.4. The fourth-order valence-corrected chi connectivity index (χ4v) is 3.01. The summed E-state index contributed by atoms with van der Waals surface area (Å²) >= 11 is 0. The van der Waals surface area contributed by atoms with E-state index in [2.05, 4.69) is 5.32 Å². The summed E-state index contributed by atoms with van der Waals surface area (Å²) in [5, 5.41) is 2.51. The summed E-state index contributed by atoms with van der Waals surface area (Å²) in [5.74, 6) is -0.303. The number of anilines is 1. The van der Waals surface area contributed by atoms with Crippen LogP contribution in [0.5, 0.6) is 0 Å². The van der Waals surface area contributed by atoms with E-state index in [1.807, 2.05) is 4.90 Å². The number of benzene rings is 2. The van der Waals surface area contributed by atoms with Crippen LogP contribution < -0.4 is 5.32 Å². The molecule has 1 aliphatic heterocycles. The van der Waals surface area contributed by atoms with Crippen molar-refractivity contribution in [1.29, 1.82) is 0 Å². The number of nitrogens with zero attached hydrogens (tertiary/aromatic N) is 2. The minimum Gasteiger partial charge on any atom is -0.311 e. The quantitative estimate of drug-likeness (QED) is 0.793. The fraction of sp³-hybridized carbons (Fsp3) is 0.316. The molecule has 1 N–H and O–H groups in total. The molecule has 0 unspecified atom stereocenters. The Labute approximate surface area is 154 Å². The molecule has 1 aliphatic rings. The lowest BCUT2D eigenvalue weighted by Gasteiger charge is -2.35. The number of amides is 2. The fourth-order valence-electron chi connectivity index (χ4n) is 3.01.